The van der Waals surface area contributed by atoms with Crippen LogP contribution < -0.4 is 10.1 Å². The van der Waals surface area contributed by atoms with Gasteiger partial charge >= 0.3 is 0 Å². The van der Waals surface area contributed by atoms with Crippen LogP contribution in [0.5, 0.6) is 5.75 Å². The third kappa shape index (κ3) is 3.70. The van der Waals surface area contributed by atoms with Crippen LogP contribution in [0.3, 0.4) is 0 Å². The summed E-state index contributed by atoms with van der Waals surface area (Å²) < 4.78 is 11.0. The first-order valence-corrected chi connectivity index (χ1v) is 6.86. The molecule has 1 aliphatic rings. The number of amides is 1. The van der Waals surface area contributed by atoms with Crippen LogP contribution in [0.2, 0.25) is 0 Å². The molecule has 1 aromatic rings. The summed E-state index contributed by atoms with van der Waals surface area (Å²) >= 11 is 0. The van der Waals surface area contributed by atoms with E-state index in [2.05, 4.69) is 5.32 Å². The molecule has 1 amide bonds. The van der Waals surface area contributed by atoms with Crippen LogP contribution in [0.25, 0.3) is 0 Å². The first-order valence-electron chi connectivity index (χ1n) is 6.86. The van der Waals surface area contributed by atoms with E-state index in [-0.39, 0.29) is 18.1 Å². The van der Waals surface area contributed by atoms with E-state index in [0.717, 1.165) is 25.2 Å². The topological polar surface area (TPSA) is 47.6 Å². The Labute approximate surface area is 114 Å². The van der Waals surface area contributed by atoms with Gasteiger partial charge in [0.1, 0.15) is 5.75 Å². The number of ether oxygens (including phenoxy) is 2. The Bertz CT molecular complexity index is 427. The molecule has 2 unspecified atom stereocenters. The number of hydrogen-bond acceptors (Lipinski definition) is 3. The predicted octanol–water partition coefficient (Wildman–Crippen LogP) is 2.38. The lowest BCUT2D eigenvalue weighted by Crippen LogP contribution is -2.40. The first-order chi connectivity index (χ1) is 9.20. The molecule has 4 nitrogen and oxygen atoms in total. The maximum atomic E-state index is 12.1. The second kappa shape index (κ2) is 6.57. The molecule has 0 aromatic heterocycles. The summed E-state index contributed by atoms with van der Waals surface area (Å²) in [5.74, 6) is 0.643. The molecule has 2 rings (SSSR count). The molecular weight excluding hydrogens is 242 g/mol. The molecule has 1 N–H and O–H groups in total. The zero-order valence-corrected chi connectivity index (χ0v) is 11.5. The smallest absolute Gasteiger partial charge is 0.251 e. The average molecular weight is 263 g/mol. The lowest BCUT2D eigenvalue weighted by atomic mass is 10.1. The normalized spacial score (nSPS) is 20.0. The lowest BCUT2D eigenvalue weighted by molar-refractivity contribution is 0.0712. The SMILES string of the molecule is CCOc1cccc(C(=O)NC(C)C2CCCO2)c1. The Hall–Kier alpha value is -1.55. The maximum absolute atomic E-state index is 12.1. The second-order valence-corrected chi connectivity index (χ2v) is 4.77. The summed E-state index contributed by atoms with van der Waals surface area (Å²) in [5, 5.41) is 2.99. The molecule has 0 spiro atoms. The molecule has 0 radical (unpaired) electrons. The monoisotopic (exact) mass is 263 g/mol. The summed E-state index contributed by atoms with van der Waals surface area (Å²) in [4.78, 5) is 12.1. The van der Waals surface area contributed by atoms with Gasteiger partial charge in [0.25, 0.3) is 5.91 Å². The Morgan fingerprint density at radius 1 is 1.58 bits per heavy atom. The molecule has 1 aromatic carbocycles. The molecule has 1 aliphatic heterocycles. The first kappa shape index (κ1) is 13.9. The highest BCUT2D eigenvalue weighted by Crippen LogP contribution is 2.17. The zero-order valence-electron chi connectivity index (χ0n) is 11.5. The fourth-order valence-corrected chi connectivity index (χ4v) is 2.27. The van der Waals surface area contributed by atoms with E-state index in [9.17, 15) is 4.79 Å². The van der Waals surface area contributed by atoms with Crippen LogP contribution in [0, 0.1) is 0 Å². The largest absolute Gasteiger partial charge is 0.494 e. The number of carbonyl (C=O) groups excluding carboxylic acids is 1. The van der Waals surface area contributed by atoms with Gasteiger partial charge in [0.15, 0.2) is 0 Å². The average Bonchev–Trinajstić information content (AvgIpc) is 2.93. The molecule has 0 bridgehead atoms. The third-order valence-corrected chi connectivity index (χ3v) is 3.29. The summed E-state index contributed by atoms with van der Waals surface area (Å²) in [7, 11) is 0. The van der Waals surface area contributed by atoms with Crippen molar-refractivity contribution in [2.24, 2.45) is 0 Å². The van der Waals surface area contributed by atoms with E-state index >= 15 is 0 Å². The van der Waals surface area contributed by atoms with Crippen molar-refractivity contribution in [2.45, 2.75) is 38.8 Å². The van der Waals surface area contributed by atoms with E-state index in [0.29, 0.717) is 12.2 Å². The van der Waals surface area contributed by atoms with Gasteiger partial charge in [-0.15, -0.1) is 0 Å². The molecule has 104 valence electrons. The Balaban J connectivity index is 1.96. The van der Waals surface area contributed by atoms with Crippen molar-refractivity contribution in [1.82, 2.24) is 5.32 Å². The van der Waals surface area contributed by atoms with Gasteiger partial charge in [-0.25, -0.2) is 0 Å². The second-order valence-electron chi connectivity index (χ2n) is 4.77. The molecule has 1 heterocycles. The van der Waals surface area contributed by atoms with Gasteiger partial charge in [-0.1, -0.05) is 6.07 Å². The van der Waals surface area contributed by atoms with Gasteiger partial charge in [-0.3, -0.25) is 4.79 Å². The number of rotatable bonds is 5. The van der Waals surface area contributed by atoms with Crippen LogP contribution in [-0.4, -0.2) is 31.3 Å². The van der Waals surface area contributed by atoms with Crippen molar-refractivity contribution in [1.29, 1.82) is 0 Å². The van der Waals surface area contributed by atoms with Crippen molar-refractivity contribution in [3.8, 4) is 5.75 Å². The third-order valence-electron chi connectivity index (χ3n) is 3.29. The van der Waals surface area contributed by atoms with E-state index < -0.39 is 0 Å². The van der Waals surface area contributed by atoms with Crippen molar-refractivity contribution < 1.29 is 14.3 Å². The van der Waals surface area contributed by atoms with Gasteiger partial charge in [-0.2, -0.15) is 0 Å². The fourth-order valence-electron chi connectivity index (χ4n) is 2.27. The van der Waals surface area contributed by atoms with Crippen LogP contribution in [-0.2, 0) is 4.74 Å². The van der Waals surface area contributed by atoms with Crippen molar-refractivity contribution in [3.05, 3.63) is 29.8 Å². The molecule has 2 atom stereocenters. The quantitative estimate of drug-likeness (QED) is 0.887. The van der Waals surface area contributed by atoms with Crippen molar-refractivity contribution in [2.75, 3.05) is 13.2 Å². The minimum atomic E-state index is -0.0791. The van der Waals surface area contributed by atoms with Gasteiger partial charge < -0.3 is 14.8 Å². The minimum absolute atomic E-state index is 0.0331. The van der Waals surface area contributed by atoms with Crippen LogP contribution in [0.15, 0.2) is 24.3 Å². The molecular formula is C15H21NO3. The van der Waals surface area contributed by atoms with Crippen LogP contribution in [0.1, 0.15) is 37.0 Å². The van der Waals surface area contributed by atoms with Gasteiger partial charge in [0, 0.05) is 12.2 Å². The van der Waals surface area contributed by atoms with Gasteiger partial charge in [-0.05, 0) is 44.9 Å². The van der Waals surface area contributed by atoms with Gasteiger partial charge in [0.2, 0.25) is 0 Å². The fraction of sp³-hybridized carbons (Fsp3) is 0.533. The van der Waals surface area contributed by atoms with E-state index in [1.807, 2.05) is 26.0 Å². The number of hydrogen-bond donors (Lipinski definition) is 1. The molecule has 1 saturated heterocycles. The number of benzene rings is 1. The number of carbonyl (C=O) groups is 1. The van der Waals surface area contributed by atoms with E-state index in [1.165, 1.54) is 0 Å². The van der Waals surface area contributed by atoms with Crippen LogP contribution in [0.4, 0.5) is 0 Å². The van der Waals surface area contributed by atoms with E-state index in [4.69, 9.17) is 9.47 Å². The highest BCUT2D eigenvalue weighted by molar-refractivity contribution is 5.94. The Morgan fingerprint density at radius 2 is 2.42 bits per heavy atom. The molecule has 0 aliphatic carbocycles. The summed E-state index contributed by atoms with van der Waals surface area (Å²) in [6.45, 7) is 5.30. The highest BCUT2D eigenvalue weighted by Gasteiger charge is 2.23. The predicted molar refractivity (Wildman–Crippen MR) is 73.5 cm³/mol. The molecule has 19 heavy (non-hydrogen) atoms. The standard InChI is InChI=1S/C15H21NO3/c1-3-18-13-7-4-6-12(10-13)15(17)16-11(2)14-8-5-9-19-14/h4,6-7,10-11,14H,3,5,8-9H2,1-2H3,(H,16,17). The lowest BCUT2D eigenvalue weighted by Gasteiger charge is -2.20. The number of nitrogens with one attached hydrogen (secondary N) is 1. The Morgan fingerprint density at radius 3 is 3.11 bits per heavy atom. The molecule has 4 heteroatoms. The summed E-state index contributed by atoms with van der Waals surface area (Å²) in [6.07, 6.45) is 2.23. The van der Waals surface area contributed by atoms with Gasteiger partial charge in [0.05, 0.1) is 18.8 Å². The van der Waals surface area contributed by atoms with Crippen LogP contribution >= 0.6 is 0 Å². The highest BCUT2D eigenvalue weighted by atomic mass is 16.5. The minimum Gasteiger partial charge on any atom is -0.494 e. The van der Waals surface area contributed by atoms with E-state index in [1.54, 1.807) is 12.1 Å². The molecule has 0 saturated carbocycles. The Kier molecular flexibility index (Phi) is 4.80. The van der Waals surface area contributed by atoms with Crippen molar-refractivity contribution in [3.63, 3.8) is 0 Å². The maximum Gasteiger partial charge on any atom is 0.251 e. The summed E-state index contributed by atoms with van der Waals surface area (Å²) in [6, 6.07) is 7.27. The zero-order chi connectivity index (χ0) is 13.7. The molecule has 1 fully saturated rings. The summed E-state index contributed by atoms with van der Waals surface area (Å²) in [5.41, 5.74) is 0.621. The van der Waals surface area contributed by atoms with Crippen molar-refractivity contribution >= 4 is 5.91 Å².